The summed E-state index contributed by atoms with van der Waals surface area (Å²) in [4.78, 5) is 4.80. The number of nitrogens with zero attached hydrogens (tertiary/aromatic N) is 4. The lowest BCUT2D eigenvalue weighted by molar-refractivity contribution is 0.289. The number of thiazole rings is 1. The predicted molar refractivity (Wildman–Crippen MR) is 137 cm³/mol. The summed E-state index contributed by atoms with van der Waals surface area (Å²) < 4.78 is 8.02. The molecule has 0 unspecified atom stereocenters. The highest BCUT2D eigenvalue weighted by Crippen LogP contribution is 2.28. The van der Waals surface area contributed by atoms with Crippen LogP contribution < -0.4 is 4.74 Å². The lowest BCUT2D eigenvalue weighted by Crippen LogP contribution is -2.07. The third-order valence-corrected chi connectivity index (χ3v) is 7.16. The number of rotatable bonds is 10. The molecule has 0 saturated heterocycles. The van der Waals surface area contributed by atoms with Gasteiger partial charge in [0.25, 0.3) is 0 Å². The Kier molecular flexibility index (Phi) is 7.62. The number of ether oxygens (including phenoxy) is 1. The van der Waals surface area contributed by atoms with Crippen LogP contribution >= 0.6 is 23.1 Å². The summed E-state index contributed by atoms with van der Waals surface area (Å²) in [6, 6.07) is 16.7. The van der Waals surface area contributed by atoms with Crippen molar-refractivity contribution in [1.29, 1.82) is 0 Å². The highest BCUT2D eigenvalue weighted by molar-refractivity contribution is 7.98. The molecular formula is C26H28N4OS2. The average molecular weight is 477 g/mol. The number of hydrogen-bond donors (Lipinski definition) is 0. The fourth-order valence-electron chi connectivity index (χ4n) is 3.28. The number of allylic oxidation sites excluding steroid dienone is 1. The van der Waals surface area contributed by atoms with Crippen molar-refractivity contribution >= 4 is 23.1 Å². The van der Waals surface area contributed by atoms with Gasteiger partial charge in [0.05, 0.1) is 5.69 Å². The first-order valence-corrected chi connectivity index (χ1v) is 12.8. The number of hydrogen-bond acceptors (Lipinski definition) is 6. The van der Waals surface area contributed by atoms with Crippen LogP contribution in [0.2, 0.25) is 0 Å². The van der Waals surface area contributed by atoms with E-state index >= 15 is 0 Å². The Labute approximate surface area is 203 Å². The van der Waals surface area contributed by atoms with Gasteiger partial charge in [-0.1, -0.05) is 73.6 Å². The lowest BCUT2D eigenvalue weighted by Gasteiger charge is -2.10. The van der Waals surface area contributed by atoms with E-state index in [4.69, 9.17) is 9.72 Å². The first-order chi connectivity index (χ1) is 16.0. The van der Waals surface area contributed by atoms with Crippen LogP contribution in [0.25, 0.3) is 10.6 Å². The van der Waals surface area contributed by atoms with Gasteiger partial charge in [-0.05, 0) is 30.5 Å². The molecule has 4 aromatic rings. The molecule has 0 bridgehead atoms. The molecule has 2 heterocycles. The fraction of sp³-hybridized carbons (Fsp3) is 0.269. The fourth-order valence-corrected chi connectivity index (χ4v) is 5.07. The lowest BCUT2D eigenvalue weighted by atomic mass is 10.0. The first-order valence-electron chi connectivity index (χ1n) is 10.9. The van der Waals surface area contributed by atoms with E-state index < -0.39 is 0 Å². The Hall–Kier alpha value is -2.90. The van der Waals surface area contributed by atoms with Gasteiger partial charge in [0.15, 0.2) is 11.0 Å². The molecule has 0 fully saturated rings. The maximum Gasteiger partial charge on any atom is 0.191 e. The highest BCUT2D eigenvalue weighted by Gasteiger charge is 2.14. The van der Waals surface area contributed by atoms with Crippen molar-refractivity contribution in [2.45, 2.75) is 50.8 Å². The van der Waals surface area contributed by atoms with Crippen LogP contribution in [0.3, 0.4) is 0 Å². The Morgan fingerprint density at radius 1 is 1.09 bits per heavy atom. The van der Waals surface area contributed by atoms with Gasteiger partial charge in [-0.3, -0.25) is 4.57 Å². The van der Waals surface area contributed by atoms with Crippen LogP contribution in [0.5, 0.6) is 5.75 Å². The van der Waals surface area contributed by atoms with Crippen molar-refractivity contribution in [1.82, 2.24) is 19.7 Å². The number of thioether (sulfide) groups is 1. The van der Waals surface area contributed by atoms with Gasteiger partial charge in [-0.2, -0.15) is 0 Å². The van der Waals surface area contributed by atoms with Crippen molar-refractivity contribution in [3.8, 4) is 16.3 Å². The summed E-state index contributed by atoms with van der Waals surface area (Å²) in [5.41, 5.74) is 4.73. The normalized spacial score (nSPS) is 11.2. The van der Waals surface area contributed by atoms with Crippen molar-refractivity contribution in [3.63, 3.8) is 0 Å². The molecule has 0 aliphatic carbocycles. The van der Waals surface area contributed by atoms with Gasteiger partial charge in [-0.15, -0.1) is 28.1 Å². The number of benzene rings is 2. The summed E-state index contributed by atoms with van der Waals surface area (Å²) in [6.45, 7) is 11.3. The van der Waals surface area contributed by atoms with E-state index in [9.17, 15) is 0 Å². The molecule has 2 aromatic carbocycles. The monoisotopic (exact) mass is 476 g/mol. The summed E-state index contributed by atoms with van der Waals surface area (Å²) in [5.74, 6) is 2.84. The van der Waals surface area contributed by atoms with E-state index in [2.05, 4.69) is 79.3 Å². The Morgan fingerprint density at radius 3 is 2.55 bits per heavy atom. The van der Waals surface area contributed by atoms with E-state index in [0.717, 1.165) is 38.7 Å². The minimum atomic E-state index is 0.358. The quantitative estimate of drug-likeness (QED) is 0.184. The van der Waals surface area contributed by atoms with Crippen molar-refractivity contribution < 1.29 is 4.74 Å². The summed E-state index contributed by atoms with van der Waals surface area (Å²) in [6.07, 6.45) is 1.85. The van der Waals surface area contributed by atoms with E-state index in [-0.39, 0.29) is 0 Å². The van der Waals surface area contributed by atoms with Gasteiger partial charge >= 0.3 is 0 Å². The zero-order valence-electron chi connectivity index (χ0n) is 19.2. The minimum Gasteiger partial charge on any atom is -0.486 e. The molecule has 0 N–H and O–H groups in total. The third kappa shape index (κ3) is 5.92. The topological polar surface area (TPSA) is 52.8 Å². The molecular weight excluding hydrogens is 448 g/mol. The SMILES string of the molecule is C=CCn1c(COc2ccc(C(C)C)cc2)nnc1SCc1csc(-c2ccc(C)cc2)n1. The van der Waals surface area contributed by atoms with Gasteiger partial charge in [0, 0.05) is 23.2 Å². The van der Waals surface area contributed by atoms with E-state index in [1.54, 1.807) is 23.1 Å². The molecule has 7 heteroatoms. The maximum absolute atomic E-state index is 5.97. The summed E-state index contributed by atoms with van der Waals surface area (Å²) >= 11 is 3.30. The van der Waals surface area contributed by atoms with Crippen molar-refractivity contribution in [3.05, 3.63) is 89.2 Å². The van der Waals surface area contributed by atoms with Crippen LogP contribution in [0.1, 0.15) is 42.4 Å². The Morgan fingerprint density at radius 2 is 1.85 bits per heavy atom. The van der Waals surface area contributed by atoms with Crippen LogP contribution in [-0.4, -0.2) is 19.7 Å². The molecule has 0 saturated carbocycles. The van der Waals surface area contributed by atoms with Crippen molar-refractivity contribution in [2.75, 3.05) is 0 Å². The standard InChI is InChI=1S/C26H28N4OS2/c1-5-14-30-24(15-31-23-12-10-20(11-13-23)18(2)3)28-29-26(30)33-17-22-16-32-25(27-22)21-8-6-19(4)7-9-21/h5-13,16,18H,1,14-15,17H2,2-4H3. The largest absolute Gasteiger partial charge is 0.486 e. The van der Waals surface area contributed by atoms with E-state index in [0.29, 0.717) is 19.1 Å². The average Bonchev–Trinajstić information content (AvgIpc) is 3.44. The molecule has 0 radical (unpaired) electrons. The molecule has 5 nitrogen and oxygen atoms in total. The molecule has 2 aromatic heterocycles. The second-order valence-electron chi connectivity index (χ2n) is 8.11. The molecule has 0 amide bonds. The number of aryl methyl sites for hydroxylation is 1. The molecule has 170 valence electrons. The summed E-state index contributed by atoms with van der Waals surface area (Å²) in [7, 11) is 0. The second kappa shape index (κ2) is 10.8. The van der Waals surface area contributed by atoms with Gasteiger partial charge < -0.3 is 4.74 Å². The predicted octanol–water partition coefficient (Wildman–Crippen LogP) is 6.89. The van der Waals surface area contributed by atoms with Crippen molar-refractivity contribution in [2.24, 2.45) is 0 Å². The van der Waals surface area contributed by atoms with Gasteiger partial charge in [0.1, 0.15) is 17.4 Å². The number of aromatic nitrogens is 4. The first kappa shape index (κ1) is 23.3. The molecule has 0 aliphatic rings. The van der Waals surface area contributed by atoms with Crippen LogP contribution in [0.15, 0.2) is 71.7 Å². The van der Waals surface area contributed by atoms with E-state index in [1.807, 2.05) is 22.8 Å². The van der Waals surface area contributed by atoms with Crippen LogP contribution in [-0.2, 0) is 18.9 Å². The zero-order valence-corrected chi connectivity index (χ0v) is 20.8. The summed E-state index contributed by atoms with van der Waals surface area (Å²) in [5, 5.41) is 12.8. The van der Waals surface area contributed by atoms with E-state index in [1.165, 1.54) is 11.1 Å². The smallest absolute Gasteiger partial charge is 0.191 e. The maximum atomic E-state index is 5.97. The molecule has 0 spiro atoms. The van der Waals surface area contributed by atoms with Gasteiger partial charge in [-0.25, -0.2) is 4.98 Å². The second-order valence-corrected chi connectivity index (χ2v) is 9.91. The Balaban J connectivity index is 1.40. The molecule has 4 rings (SSSR count). The molecule has 0 aliphatic heterocycles. The highest BCUT2D eigenvalue weighted by atomic mass is 32.2. The molecule has 33 heavy (non-hydrogen) atoms. The molecule has 0 atom stereocenters. The minimum absolute atomic E-state index is 0.358. The van der Waals surface area contributed by atoms with Gasteiger partial charge in [0.2, 0.25) is 0 Å². The van der Waals surface area contributed by atoms with Crippen LogP contribution in [0, 0.1) is 6.92 Å². The Bertz CT molecular complexity index is 1190. The van der Waals surface area contributed by atoms with Crippen LogP contribution in [0.4, 0.5) is 0 Å². The third-order valence-electron chi connectivity index (χ3n) is 5.22. The zero-order chi connectivity index (χ0) is 23.2.